The number of nitrogens with one attached hydrogen (secondary N) is 1. The van der Waals surface area contributed by atoms with Gasteiger partial charge in [0.25, 0.3) is 5.92 Å². The second kappa shape index (κ2) is 7.65. The number of hydrogen-bond donors (Lipinski definition) is 2. The third-order valence-corrected chi connectivity index (χ3v) is 5.29. The zero-order valence-corrected chi connectivity index (χ0v) is 15.6. The van der Waals surface area contributed by atoms with Crippen molar-refractivity contribution in [3.8, 4) is 0 Å². The number of alkyl halides is 3. The van der Waals surface area contributed by atoms with Gasteiger partial charge in [0.15, 0.2) is 0 Å². The van der Waals surface area contributed by atoms with Gasteiger partial charge in [-0.25, -0.2) is 9.18 Å². The maximum atomic E-state index is 14.8. The lowest BCUT2D eigenvalue weighted by atomic mass is 9.92. The largest absolute Gasteiger partial charge is 0.442 e. The molecule has 0 saturated carbocycles. The highest BCUT2D eigenvalue weighted by Gasteiger charge is 2.46. The number of cyclic esters (lactones) is 1. The van der Waals surface area contributed by atoms with Crippen LogP contribution in [0.3, 0.4) is 0 Å². The molecule has 2 aliphatic heterocycles. The average Bonchev–Trinajstić information content (AvgIpc) is 3.01. The van der Waals surface area contributed by atoms with Crippen LogP contribution in [0.15, 0.2) is 23.5 Å². The maximum absolute atomic E-state index is 14.8. The molecule has 2 heterocycles. The van der Waals surface area contributed by atoms with E-state index in [1.165, 1.54) is 24.0 Å². The zero-order chi connectivity index (χ0) is 20.5. The summed E-state index contributed by atoms with van der Waals surface area (Å²) < 4.78 is 48.8. The molecule has 2 amide bonds. The average molecular weight is 403 g/mol. The summed E-state index contributed by atoms with van der Waals surface area (Å²) >= 11 is 0. The lowest BCUT2D eigenvalue weighted by Gasteiger charge is -2.41. The Balaban J connectivity index is 1.69. The Kier molecular flexibility index (Phi) is 5.60. The molecule has 3 rings (SSSR count). The van der Waals surface area contributed by atoms with Crippen LogP contribution in [0.25, 0.3) is 0 Å². The number of hydrogen-bond acceptors (Lipinski definition) is 5. The van der Waals surface area contributed by atoms with Crippen molar-refractivity contribution in [2.45, 2.75) is 43.9 Å². The summed E-state index contributed by atoms with van der Waals surface area (Å²) in [6, 6.07) is 0. The van der Waals surface area contributed by atoms with Crippen molar-refractivity contribution < 1.29 is 32.6 Å². The molecule has 3 aliphatic rings. The minimum Gasteiger partial charge on any atom is -0.442 e. The number of carbonyl (C=O) groups excluding carboxylic acids is 2. The van der Waals surface area contributed by atoms with Gasteiger partial charge in [-0.15, -0.1) is 0 Å². The van der Waals surface area contributed by atoms with E-state index in [-0.39, 0.29) is 56.3 Å². The molecule has 28 heavy (non-hydrogen) atoms. The van der Waals surface area contributed by atoms with Crippen molar-refractivity contribution in [3.05, 3.63) is 23.5 Å². The maximum Gasteiger partial charge on any atom is 0.414 e. The van der Waals surface area contributed by atoms with Crippen molar-refractivity contribution in [2.24, 2.45) is 0 Å². The first-order valence-electron chi connectivity index (χ1n) is 9.20. The van der Waals surface area contributed by atoms with Crippen LogP contribution in [0, 0.1) is 0 Å². The molecule has 0 aromatic carbocycles. The van der Waals surface area contributed by atoms with E-state index in [4.69, 9.17) is 9.84 Å². The number of aliphatic hydroxyl groups excluding tert-OH is 1. The Labute approximate surface area is 160 Å². The van der Waals surface area contributed by atoms with Crippen LogP contribution >= 0.6 is 0 Å². The molecular formula is C18H24F3N3O4. The summed E-state index contributed by atoms with van der Waals surface area (Å²) in [4.78, 5) is 25.6. The fourth-order valence-electron chi connectivity index (χ4n) is 3.62. The van der Waals surface area contributed by atoms with Crippen molar-refractivity contribution >= 4 is 12.0 Å². The van der Waals surface area contributed by atoms with Gasteiger partial charge in [-0.05, 0) is 12.2 Å². The summed E-state index contributed by atoms with van der Waals surface area (Å²) in [6.45, 7) is 1.09. The van der Waals surface area contributed by atoms with Gasteiger partial charge >= 0.3 is 6.09 Å². The number of aliphatic hydroxyl groups is 1. The summed E-state index contributed by atoms with van der Waals surface area (Å²) in [7, 11) is 0. The van der Waals surface area contributed by atoms with Crippen LogP contribution in [-0.2, 0) is 9.53 Å². The Morgan fingerprint density at radius 3 is 2.57 bits per heavy atom. The Bertz CT molecular complexity index is 702. The van der Waals surface area contributed by atoms with Crippen LogP contribution in [-0.4, -0.2) is 77.4 Å². The molecule has 10 heteroatoms. The second-order valence-corrected chi connectivity index (χ2v) is 7.44. The minimum atomic E-state index is -3.21. The number of ether oxygens (including phenoxy) is 1. The van der Waals surface area contributed by atoms with Crippen molar-refractivity contribution in [1.29, 1.82) is 0 Å². The fraction of sp³-hybridized carbons (Fsp3) is 0.667. The molecule has 0 bridgehead atoms. The molecule has 1 atom stereocenters. The predicted octanol–water partition coefficient (Wildman–Crippen LogP) is 1.55. The third-order valence-electron chi connectivity index (χ3n) is 5.29. The van der Waals surface area contributed by atoms with Gasteiger partial charge in [0.2, 0.25) is 5.91 Å². The van der Waals surface area contributed by atoms with Gasteiger partial charge in [0, 0.05) is 38.6 Å². The molecule has 1 unspecified atom stereocenters. The summed E-state index contributed by atoms with van der Waals surface area (Å²) in [6.07, 6.45) is 0.688. The van der Waals surface area contributed by atoms with E-state index in [0.717, 1.165) is 4.90 Å². The SMILES string of the molecule is CC(=O)NCC1CN(C2=CC=C(N3CCC(F)(CO)CC3)C(F)(F)C2)C(=O)O1. The molecular weight excluding hydrogens is 379 g/mol. The number of amides is 2. The van der Waals surface area contributed by atoms with Crippen molar-refractivity contribution in [2.75, 3.05) is 32.8 Å². The van der Waals surface area contributed by atoms with Crippen LogP contribution in [0.2, 0.25) is 0 Å². The van der Waals surface area contributed by atoms with E-state index in [9.17, 15) is 22.8 Å². The zero-order valence-electron chi connectivity index (χ0n) is 15.6. The molecule has 0 aromatic rings. The monoisotopic (exact) mass is 403 g/mol. The summed E-state index contributed by atoms with van der Waals surface area (Å²) in [5.74, 6) is -3.49. The standard InChI is InChI=1S/C18H24F3N3O4/c1-12(26)22-9-14-10-24(16(27)28-14)13-2-3-15(18(20,21)8-13)23-6-4-17(19,11-25)5-7-23/h2-3,14,25H,4-11H2,1H3,(H,22,26). The van der Waals surface area contributed by atoms with Crippen molar-refractivity contribution in [3.63, 3.8) is 0 Å². The van der Waals surface area contributed by atoms with E-state index in [0.29, 0.717) is 0 Å². The van der Waals surface area contributed by atoms with Gasteiger partial charge in [-0.2, -0.15) is 8.78 Å². The summed E-state index contributed by atoms with van der Waals surface area (Å²) in [5, 5.41) is 11.6. The van der Waals surface area contributed by atoms with Gasteiger partial charge in [0.05, 0.1) is 31.8 Å². The molecule has 0 spiro atoms. The molecule has 0 radical (unpaired) electrons. The molecule has 7 nitrogen and oxygen atoms in total. The second-order valence-electron chi connectivity index (χ2n) is 7.44. The fourth-order valence-corrected chi connectivity index (χ4v) is 3.62. The highest BCUT2D eigenvalue weighted by molar-refractivity contribution is 5.74. The number of rotatable bonds is 5. The predicted molar refractivity (Wildman–Crippen MR) is 93.1 cm³/mol. The normalized spacial score (nSPS) is 26.5. The van der Waals surface area contributed by atoms with Crippen molar-refractivity contribution in [1.82, 2.24) is 15.1 Å². The highest BCUT2D eigenvalue weighted by Crippen LogP contribution is 2.40. The molecule has 2 fully saturated rings. The van der Waals surface area contributed by atoms with E-state index in [1.54, 1.807) is 0 Å². The molecule has 0 aromatic heterocycles. The minimum absolute atomic E-state index is 0.0171. The van der Waals surface area contributed by atoms with Crippen LogP contribution in [0.5, 0.6) is 0 Å². The number of carbonyl (C=O) groups is 2. The lowest BCUT2D eigenvalue weighted by Crippen LogP contribution is -2.47. The quantitative estimate of drug-likeness (QED) is 0.728. The first-order chi connectivity index (χ1) is 13.1. The van der Waals surface area contributed by atoms with E-state index in [1.807, 2.05) is 0 Å². The number of nitrogens with zero attached hydrogens (tertiary/aromatic N) is 2. The van der Waals surface area contributed by atoms with Crippen LogP contribution in [0.4, 0.5) is 18.0 Å². The first-order valence-corrected chi connectivity index (χ1v) is 9.20. The summed E-state index contributed by atoms with van der Waals surface area (Å²) in [5.41, 5.74) is -1.79. The number of allylic oxidation sites excluding steroid dienone is 4. The lowest BCUT2D eigenvalue weighted by molar-refractivity contribution is -0.119. The number of piperidine rings is 1. The van der Waals surface area contributed by atoms with Gasteiger partial charge < -0.3 is 20.1 Å². The smallest absolute Gasteiger partial charge is 0.414 e. The number of halogens is 3. The Hall–Kier alpha value is -2.23. The van der Waals surface area contributed by atoms with E-state index < -0.39 is 36.8 Å². The van der Waals surface area contributed by atoms with Gasteiger partial charge in [-0.3, -0.25) is 9.69 Å². The molecule has 2 saturated heterocycles. The number of likely N-dealkylation sites (tertiary alicyclic amines) is 1. The molecule has 2 N–H and O–H groups in total. The van der Waals surface area contributed by atoms with Crippen LogP contribution in [0.1, 0.15) is 26.2 Å². The van der Waals surface area contributed by atoms with E-state index >= 15 is 0 Å². The van der Waals surface area contributed by atoms with E-state index in [2.05, 4.69) is 5.32 Å². The van der Waals surface area contributed by atoms with Gasteiger partial charge in [-0.1, -0.05) is 0 Å². The molecule has 1 aliphatic carbocycles. The Morgan fingerprint density at radius 1 is 1.32 bits per heavy atom. The Morgan fingerprint density at radius 2 is 2.00 bits per heavy atom. The molecule has 156 valence electrons. The highest BCUT2D eigenvalue weighted by atomic mass is 19.3. The van der Waals surface area contributed by atoms with Crippen LogP contribution < -0.4 is 5.32 Å². The van der Waals surface area contributed by atoms with Gasteiger partial charge in [0.1, 0.15) is 11.8 Å². The first kappa shape index (κ1) is 20.5. The topological polar surface area (TPSA) is 82.1 Å². The third kappa shape index (κ3) is 4.26.